The highest BCUT2D eigenvalue weighted by molar-refractivity contribution is 7.33. The van der Waals surface area contributed by atoms with Crippen molar-refractivity contribution < 1.29 is 0 Å². The van der Waals surface area contributed by atoms with Gasteiger partial charge >= 0.3 is 0 Å². The maximum Gasteiger partial charge on any atom is 0.264 e. The third kappa shape index (κ3) is 4.52. The molecule has 0 amide bonds. The van der Waals surface area contributed by atoms with Crippen molar-refractivity contribution in [2.75, 3.05) is 9.80 Å². The van der Waals surface area contributed by atoms with E-state index >= 15 is 0 Å². The van der Waals surface area contributed by atoms with E-state index in [-0.39, 0.29) is 12.1 Å². The van der Waals surface area contributed by atoms with Gasteiger partial charge in [0.05, 0.1) is 5.69 Å². The van der Waals surface area contributed by atoms with Crippen LogP contribution in [0.15, 0.2) is 91.0 Å². The van der Waals surface area contributed by atoms with E-state index in [0.717, 1.165) is 0 Å². The minimum absolute atomic E-state index is 0.104. The van der Waals surface area contributed by atoms with Gasteiger partial charge in [-0.1, -0.05) is 63.2 Å². The third-order valence-electron chi connectivity index (χ3n) is 11.8. The quantitative estimate of drug-likeness (QED) is 0.171. The van der Waals surface area contributed by atoms with Gasteiger partial charge in [0.25, 0.3) is 6.71 Å². The Labute approximate surface area is 295 Å². The van der Waals surface area contributed by atoms with Crippen LogP contribution in [0.5, 0.6) is 0 Å². The smallest absolute Gasteiger partial charge is 0.264 e. The topological polar surface area (TPSA) is 6.48 Å². The summed E-state index contributed by atoms with van der Waals surface area (Å²) in [4.78, 5) is 5.26. The minimum Gasteiger partial charge on any atom is -0.311 e. The van der Waals surface area contributed by atoms with Gasteiger partial charge < -0.3 is 9.80 Å². The van der Waals surface area contributed by atoms with Gasteiger partial charge in [-0.2, -0.15) is 0 Å². The van der Waals surface area contributed by atoms with Crippen molar-refractivity contribution in [2.45, 2.75) is 84.5 Å². The molecule has 242 valence electrons. The molecule has 0 spiro atoms. The molecule has 0 atom stereocenters. The van der Waals surface area contributed by atoms with Crippen LogP contribution in [-0.4, -0.2) is 6.71 Å². The fourth-order valence-corrected chi connectivity index (χ4v) is 10.6. The van der Waals surface area contributed by atoms with E-state index in [4.69, 9.17) is 0 Å². The fourth-order valence-electron chi connectivity index (χ4n) is 9.31. The summed E-state index contributed by atoms with van der Waals surface area (Å²) in [6, 6.07) is 36.1. The molecule has 49 heavy (non-hydrogen) atoms. The maximum atomic E-state index is 2.65. The lowest BCUT2D eigenvalue weighted by molar-refractivity contribution is 0.590. The van der Waals surface area contributed by atoms with Crippen molar-refractivity contribution in [1.29, 1.82) is 0 Å². The zero-order valence-corrected chi connectivity index (χ0v) is 30.0. The summed E-state index contributed by atoms with van der Waals surface area (Å²) in [5.41, 5.74) is 19.9. The highest BCUT2D eigenvalue weighted by atomic mass is 32.1. The normalized spacial score (nSPS) is 16.2. The van der Waals surface area contributed by atoms with Crippen molar-refractivity contribution in [3.8, 4) is 0 Å². The molecule has 4 heteroatoms. The Balaban J connectivity index is 1.29. The molecule has 0 bridgehead atoms. The molecular formula is C45H43BN2S. The first-order valence-corrected chi connectivity index (χ1v) is 19.3. The van der Waals surface area contributed by atoms with E-state index in [1.165, 1.54) is 122 Å². The molecule has 0 radical (unpaired) electrons. The van der Waals surface area contributed by atoms with Gasteiger partial charge in [-0.25, -0.2) is 0 Å². The molecule has 6 aromatic rings. The van der Waals surface area contributed by atoms with Crippen LogP contribution in [0.1, 0.15) is 79.8 Å². The number of thiophene rings is 1. The highest BCUT2D eigenvalue weighted by Gasteiger charge is 2.45. The van der Waals surface area contributed by atoms with Gasteiger partial charge in [-0.3, -0.25) is 0 Å². The average Bonchev–Trinajstić information content (AvgIpc) is 3.49. The second-order valence-corrected chi connectivity index (χ2v) is 17.1. The summed E-state index contributed by atoms with van der Waals surface area (Å²) in [5, 5.41) is 1.35. The number of fused-ring (bicyclic) bond motifs is 8. The summed E-state index contributed by atoms with van der Waals surface area (Å²) in [5.74, 6) is 0. The third-order valence-corrected chi connectivity index (χ3v) is 13.0. The molecule has 0 N–H and O–H groups in total. The summed E-state index contributed by atoms with van der Waals surface area (Å²) >= 11 is 2.01. The monoisotopic (exact) mass is 654 g/mol. The predicted molar refractivity (Wildman–Crippen MR) is 213 cm³/mol. The Morgan fingerprint density at radius 2 is 1.24 bits per heavy atom. The Hall–Kier alpha value is -4.28. The van der Waals surface area contributed by atoms with Gasteiger partial charge in [0.15, 0.2) is 0 Å². The van der Waals surface area contributed by atoms with Crippen LogP contribution in [0.3, 0.4) is 0 Å². The fraction of sp³-hybridized carbons (Fsp3) is 0.289. The molecule has 1 aromatic heterocycles. The van der Waals surface area contributed by atoms with Crippen LogP contribution >= 0.6 is 11.3 Å². The summed E-state index contributed by atoms with van der Waals surface area (Å²) in [7, 11) is 0. The van der Waals surface area contributed by atoms with Gasteiger partial charge in [0.2, 0.25) is 0 Å². The standard InChI is InChI=1S/C45H43BN2S/c1-28-23-39-42-40(24-28)48(34-21-18-33(19-22-34)45(2,3)4)43-36-15-9-10-16-41(36)49-44(43)46(42)37-26-31-13-7-8-14-32(31)27-38(37)47(39)35-20-17-29-11-5-6-12-30(29)25-35/h9-10,15-27H,5-8,11-14H2,1-4H3. The molecule has 0 fully saturated rings. The molecule has 2 aliphatic carbocycles. The Kier molecular flexibility index (Phi) is 6.57. The van der Waals surface area contributed by atoms with E-state index in [0.29, 0.717) is 0 Å². The lowest BCUT2D eigenvalue weighted by Gasteiger charge is -2.44. The number of aryl methyl sites for hydroxylation is 5. The molecule has 3 heterocycles. The number of hydrogen-bond acceptors (Lipinski definition) is 3. The predicted octanol–water partition coefficient (Wildman–Crippen LogP) is 10.3. The summed E-state index contributed by atoms with van der Waals surface area (Å²) in [6.45, 7) is 9.40. The number of rotatable bonds is 2. The summed E-state index contributed by atoms with van der Waals surface area (Å²) < 4.78 is 2.84. The second kappa shape index (κ2) is 10.9. The lowest BCUT2D eigenvalue weighted by Crippen LogP contribution is -2.60. The van der Waals surface area contributed by atoms with Crippen molar-refractivity contribution in [3.05, 3.63) is 124 Å². The number of benzene rings is 5. The number of anilines is 6. The van der Waals surface area contributed by atoms with Crippen molar-refractivity contribution in [1.82, 2.24) is 0 Å². The summed E-state index contributed by atoms with van der Waals surface area (Å²) in [6.07, 6.45) is 9.94. The van der Waals surface area contributed by atoms with E-state index in [1.54, 1.807) is 22.3 Å². The molecular weight excluding hydrogens is 611 g/mol. The SMILES string of the molecule is Cc1cc2c3c(c1)N(c1ccc(C(C)(C)C)cc1)c1c(sc4ccccc14)B3c1cc3c(cc1N2c1ccc2c(c1)CCCC2)CCCC3. The zero-order valence-electron chi connectivity index (χ0n) is 29.2. The Morgan fingerprint density at radius 1 is 0.612 bits per heavy atom. The minimum atomic E-state index is 0.104. The van der Waals surface area contributed by atoms with Crippen molar-refractivity contribution in [3.63, 3.8) is 0 Å². The molecule has 2 nitrogen and oxygen atoms in total. The average molecular weight is 655 g/mol. The second-order valence-electron chi connectivity index (χ2n) is 16.0. The Morgan fingerprint density at radius 3 is 1.98 bits per heavy atom. The largest absolute Gasteiger partial charge is 0.311 e. The van der Waals surface area contributed by atoms with Crippen LogP contribution in [-0.2, 0) is 31.1 Å². The first kappa shape index (κ1) is 29.6. The highest BCUT2D eigenvalue weighted by Crippen LogP contribution is 2.49. The van der Waals surface area contributed by atoms with E-state index in [2.05, 4.69) is 128 Å². The maximum absolute atomic E-state index is 2.65. The Bertz CT molecular complexity index is 2310. The van der Waals surface area contributed by atoms with Gasteiger partial charge in [0.1, 0.15) is 0 Å². The molecule has 0 unspecified atom stereocenters. The van der Waals surface area contributed by atoms with Crippen LogP contribution in [0.25, 0.3) is 10.1 Å². The molecule has 5 aromatic carbocycles. The van der Waals surface area contributed by atoms with E-state index in [9.17, 15) is 0 Å². The number of nitrogens with zero attached hydrogens (tertiary/aromatic N) is 2. The zero-order chi connectivity index (χ0) is 33.0. The van der Waals surface area contributed by atoms with Gasteiger partial charge in [-0.15, -0.1) is 11.3 Å². The van der Waals surface area contributed by atoms with E-state index in [1.807, 2.05) is 11.3 Å². The van der Waals surface area contributed by atoms with Crippen molar-refractivity contribution in [2.24, 2.45) is 0 Å². The molecule has 10 rings (SSSR count). The van der Waals surface area contributed by atoms with Crippen LogP contribution in [0.2, 0.25) is 0 Å². The molecule has 2 aliphatic heterocycles. The van der Waals surface area contributed by atoms with Crippen LogP contribution < -0.4 is 25.5 Å². The first-order chi connectivity index (χ1) is 23.8. The van der Waals surface area contributed by atoms with Crippen molar-refractivity contribution >= 4 is 78.0 Å². The molecule has 4 aliphatic rings. The number of hydrogen-bond donors (Lipinski definition) is 0. The van der Waals surface area contributed by atoms with Crippen LogP contribution in [0, 0.1) is 6.92 Å². The van der Waals surface area contributed by atoms with E-state index < -0.39 is 0 Å². The van der Waals surface area contributed by atoms with Crippen LogP contribution in [0.4, 0.5) is 34.1 Å². The van der Waals surface area contributed by atoms with Gasteiger partial charge in [-0.05, 0) is 157 Å². The lowest BCUT2D eigenvalue weighted by atomic mass is 9.36. The molecule has 0 saturated carbocycles. The first-order valence-electron chi connectivity index (χ1n) is 18.5. The molecule has 0 saturated heterocycles. The van der Waals surface area contributed by atoms with Gasteiger partial charge in [0, 0.05) is 43.3 Å².